The van der Waals surface area contributed by atoms with E-state index < -0.39 is 0 Å². The normalized spacial score (nSPS) is 10.1. The van der Waals surface area contributed by atoms with Gasteiger partial charge in [0.25, 0.3) is 5.91 Å². The topological polar surface area (TPSA) is 62.0 Å². The van der Waals surface area contributed by atoms with Crippen LogP contribution in [0, 0.1) is 6.92 Å². The predicted molar refractivity (Wildman–Crippen MR) is 73.9 cm³/mol. The van der Waals surface area contributed by atoms with Gasteiger partial charge in [0.2, 0.25) is 0 Å². The Labute approximate surface area is 112 Å². The van der Waals surface area contributed by atoms with E-state index in [9.17, 15) is 9.59 Å². The molecule has 92 valence electrons. The van der Waals surface area contributed by atoms with Crippen LogP contribution in [0.3, 0.4) is 0 Å². The first-order valence-electron chi connectivity index (χ1n) is 5.32. The van der Waals surface area contributed by atoms with Crippen molar-refractivity contribution in [1.82, 2.24) is 4.98 Å². The number of pyridine rings is 1. The van der Waals surface area contributed by atoms with Crippen molar-refractivity contribution in [1.29, 1.82) is 0 Å². The number of aromatic amines is 1. The highest BCUT2D eigenvalue weighted by atomic mass is 79.9. The second-order valence-electron chi connectivity index (χ2n) is 3.86. The summed E-state index contributed by atoms with van der Waals surface area (Å²) in [7, 11) is 0. The Bertz CT molecular complexity index is 649. The Balaban J connectivity index is 2.21. The molecule has 2 N–H and O–H groups in total. The second-order valence-corrected chi connectivity index (χ2v) is 4.71. The molecule has 0 saturated carbocycles. The summed E-state index contributed by atoms with van der Waals surface area (Å²) < 4.78 is 0.980. The third-order valence-corrected chi connectivity index (χ3v) is 3.32. The van der Waals surface area contributed by atoms with Crippen LogP contribution in [0.4, 0.5) is 5.69 Å². The fourth-order valence-corrected chi connectivity index (χ4v) is 1.74. The molecule has 0 aliphatic rings. The minimum absolute atomic E-state index is 0.203. The average Bonchev–Trinajstić information content (AvgIpc) is 2.34. The number of rotatable bonds is 2. The molecule has 0 bridgehead atoms. The van der Waals surface area contributed by atoms with Crippen LogP contribution in [0.25, 0.3) is 0 Å². The summed E-state index contributed by atoms with van der Waals surface area (Å²) in [6.07, 6.45) is 1.45. The number of carbonyl (C=O) groups excluding carboxylic acids is 1. The third-order valence-electron chi connectivity index (χ3n) is 2.43. The molecule has 2 aromatic rings. The highest BCUT2D eigenvalue weighted by Crippen LogP contribution is 2.20. The second kappa shape index (κ2) is 5.18. The smallest absolute Gasteiger partial charge is 0.272 e. The van der Waals surface area contributed by atoms with Crippen LogP contribution >= 0.6 is 15.9 Å². The summed E-state index contributed by atoms with van der Waals surface area (Å²) in [5, 5.41) is 2.72. The Morgan fingerprint density at radius 1 is 1.28 bits per heavy atom. The molecule has 0 unspecified atom stereocenters. The summed E-state index contributed by atoms with van der Waals surface area (Å²) in [5.41, 5.74) is 1.74. The average molecular weight is 307 g/mol. The maximum atomic E-state index is 11.9. The van der Waals surface area contributed by atoms with Crippen molar-refractivity contribution in [2.75, 3.05) is 5.32 Å². The number of hydrogen-bond donors (Lipinski definition) is 2. The van der Waals surface area contributed by atoms with Crippen LogP contribution in [-0.4, -0.2) is 10.9 Å². The van der Waals surface area contributed by atoms with Gasteiger partial charge in [0.05, 0.1) is 0 Å². The molecule has 0 atom stereocenters. The Kier molecular flexibility index (Phi) is 3.62. The summed E-state index contributed by atoms with van der Waals surface area (Å²) in [5.74, 6) is -0.338. The fraction of sp³-hybridized carbons (Fsp3) is 0.0769. The predicted octanol–water partition coefficient (Wildman–Crippen LogP) is 2.70. The molecular formula is C13H11BrN2O2. The molecule has 0 spiro atoms. The van der Waals surface area contributed by atoms with Gasteiger partial charge in [-0.05, 0) is 30.7 Å². The SMILES string of the molecule is Cc1cc(NC(=O)c2cc(=O)cc[nH]2)ccc1Br. The summed E-state index contributed by atoms with van der Waals surface area (Å²) >= 11 is 3.39. The lowest BCUT2D eigenvalue weighted by molar-refractivity contribution is 0.102. The molecule has 1 aromatic heterocycles. The number of benzene rings is 1. The molecule has 1 heterocycles. The van der Waals surface area contributed by atoms with Crippen molar-refractivity contribution in [3.8, 4) is 0 Å². The van der Waals surface area contributed by atoms with E-state index in [2.05, 4.69) is 26.2 Å². The fourth-order valence-electron chi connectivity index (χ4n) is 1.50. The van der Waals surface area contributed by atoms with Gasteiger partial charge in [0.15, 0.2) is 5.43 Å². The van der Waals surface area contributed by atoms with Crippen molar-refractivity contribution in [2.24, 2.45) is 0 Å². The zero-order valence-electron chi connectivity index (χ0n) is 9.66. The van der Waals surface area contributed by atoms with E-state index in [1.807, 2.05) is 19.1 Å². The van der Waals surface area contributed by atoms with E-state index >= 15 is 0 Å². The van der Waals surface area contributed by atoms with Gasteiger partial charge < -0.3 is 10.3 Å². The molecule has 2 rings (SSSR count). The van der Waals surface area contributed by atoms with Crippen molar-refractivity contribution in [3.05, 3.63) is 62.5 Å². The van der Waals surface area contributed by atoms with Gasteiger partial charge in [-0.1, -0.05) is 15.9 Å². The van der Waals surface area contributed by atoms with E-state index in [-0.39, 0.29) is 17.0 Å². The number of aromatic nitrogens is 1. The molecule has 0 aliphatic heterocycles. The third kappa shape index (κ3) is 2.87. The lowest BCUT2D eigenvalue weighted by Gasteiger charge is -2.06. The van der Waals surface area contributed by atoms with Crippen molar-refractivity contribution in [2.45, 2.75) is 6.92 Å². The van der Waals surface area contributed by atoms with E-state index in [1.165, 1.54) is 18.3 Å². The number of aryl methyl sites for hydroxylation is 1. The van der Waals surface area contributed by atoms with Crippen LogP contribution in [0.2, 0.25) is 0 Å². The zero-order chi connectivity index (χ0) is 13.1. The van der Waals surface area contributed by atoms with Crippen LogP contribution in [0.1, 0.15) is 16.1 Å². The Hall–Kier alpha value is -1.88. The lowest BCUT2D eigenvalue weighted by atomic mass is 10.2. The summed E-state index contributed by atoms with van der Waals surface area (Å²) in [4.78, 5) is 25.7. The number of anilines is 1. The lowest BCUT2D eigenvalue weighted by Crippen LogP contribution is -2.16. The van der Waals surface area contributed by atoms with Crippen LogP contribution < -0.4 is 10.7 Å². The summed E-state index contributed by atoms with van der Waals surface area (Å²) in [6, 6.07) is 8.12. The highest BCUT2D eigenvalue weighted by Gasteiger charge is 2.07. The van der Waals surface area contributed by atoms with Crippen molar-refractivity contribution < 1.29 is 4.79 Å². The van der Waals surface area contributed by atoms with Gasteiger partial charge in [0, 0.05) is 28.5 Å². The van der Waals surface area contributed by atoms with Gasteiger partial charge in [0.1, 0.15) is 5.69 Å². The molecule has 5 heteroatoms. The number of carbonyl (C=O) groups is 1. The van der Waals surface area contributed by atoms with E-state index in [0.717, 1.165) is 10.0 Å². The molecule has 1 aromatic carbocycles. The number of hydrogen-bond acceptors (Lipinski definition) is 2. The molecular weight excluding hydrogens is 296 g/mol. The van der Waals surface area contributed by atoms with Crippen molar-refractivity contribution >= 4 is 27.5 Å². The maximum Gasteiger partial charge on any atom is 0.272 e. The van der Waals surface area contributed by atoms with Crippen LogP contribution in [-0.2, 0) is 0 Å². The van der Waals surface area contributed by atoms with Crippen molar-refractivity contribution in [3.63, 3.8) is 0 Å². The molecule has 18 heavy (non-hydrogen) atoms. The van der Waals surface area contributed by atoms with E-state index in [0.29, 0.717) is 5.69 Å². The molecule has 4 nitrogen and oxygen atoms in total. The Morgan fingerprint density at radius 3 is 2.72 bits per heavy atom. The van der Waals surface area contributed by atoms with Gasteiger partial charge in [-0.3, -0.25) is 9.59 Å². The standard InChI is InChI=1S/C13H11BrN2O2/c1-8-6-9(2-3-11(8)14)16-13(18)12-7-10(17)4-5-15-12/h2-7H,1H3,(H,15,17)(H,16,18). The highest BCUT2D eigenvalue weighted by molar-refractivity contribution is 9.10. The number of H-pyrrole nitrogens is 1. The van der Waals surface area contributed by atoms with Gasteiger partial charge in [-0.25, -0.2) is 0 Å². The van der Waals surface area contributed by atoms with Crippen LogP contribution in [0.15, 0.2) is 45.8 Å². The van der Waals surface area contributed by atoms with E-state index in [1.54, 1.807) is 6.07 Å². The van der Waals surface area contributed by atoms with E-state index in [4.69, 9.17) is 0 Å². The van der Waals surface area contributed by atoms with Gasteiger partial charge in [-0.2, -0.15) is 0 Å². The zero-order valence-corrected chi connectivity index (χ0v) is 11.2. The first-order valence-corrected chi connectivity index (χ1v) is 6.12. The summed E-state index contributed by atoms with van der Waals surface area (Å²) in [6.45, 7) is 1.93. The molecule has 1 amide bonds. The minimum atomic E-state index is -0.338. The quantitative estimate of drug-likeness (QED) is 0.896. The molecule has 0 aliphatic carbocycles. The number of nitrogens with one attached hydrogen (secondary N) is 2. The maximum absolute atomic E-state index is 11.9. The molecule has 0 radical (unpaired) electrons. The first kappa shape index (κ1) is 12.6. The van der Waals surface area contributed by atoms with Gasteiger partial charge in [-0.15, -0.1) is 0 Å². The van der Waals surface area contributed by atoms with Gasteiger partial charge >= 0.3 is 0 Å². The largest absolute Gasteiger partial charge is 0.357 e. The minimum Gasteiger partial charge on any atom is -0.357 e. The monoisotopic (exact) mass is 306 g/mol. The number of halogens is 1. The molecule has 0 saturated heterocycles. The van der Waals surface area contributed by atoms with Crippen LogP contribution in [0.5, 0.6) is 0 Å². The Morgan fingerprint density at radius 2 is 2.06 bits per heavy atom. The number of amides is 1. The molecule has 0 fully saturated rings. The first-order chi connectivity index (χ1) is 8.56.